The highest BCUT2D eigenvalue weighted by Crippen LogP contribution is 2.36. The van der Waals surface area contributed by atoms with E-state index in [2.05, 4.69) is 20.8 Å². The summed E-state index contributed by atoms with van der Waals surface area (Å²) in [6.45, 7) is 7.03. The first-order valence-corrected chi connectivity index (χ1v) is 4.20. The van der Waals surface area contributed by atoms with Gasteiger partial charge in [0.25, 0.3) is 0 Å². The van der Waals surface area contributed by atoms with E-state index in [0.29, 0.717) is 0 Å². The van der Waals surface area contributed by atoms with Crippen molar-refractivity contribution in [3.05, 3.63) is 0 Å². The average molecular weight is 126 g/mol. The minimum Gasteiger partial charge on any atom is -0.0625 e. The largest absolute Gasteiger partial charge is 0.0625 e. The summed E-state index contributed by atoms with van der Waals surface area (Å²) in [5.41, 5.74) is 0. The van der Waals surface area contributed by atoms with Crippen molar-refractivity contribution in [3.63, 3.8) is 0 Å². The number of rotatable bonds is 3. The van der Waals surface area contributed by atoms with Gasteiger partial charge in [0.1, 0.15) is 0 Å². The average Bonchev–Trinajstić information content (AvgIpc) is 2.50. The summed E-state index contributed by atoms with van der Waals surface area (Å²) in [6.07, 6.45) is 4.51. The topological polar surface area (TPSA) is 0 Å². The van der Waals surface area contributed by atoms with Crippen LogP contribution in [-0.4, -0.2) is 0 Å². The van der Waals surface area contributed by atoms with E-state index in [1.54, 1.807) is 0 Å². The number of hydrogen-bond donors (Lipinski definition) is 0. The molecule has 0 aromatic carbocycles. The molecule has 0 aromatic rings. The molecule has 0 nitrogen and oxygen atoms in total. The summed E-state index contributed by atoms with van der Waals surface area (Å²) in [6, 6.07) is 0. The van der Waals surface area contributed by atoms with E-state index >= 15 is 0 Å². The van der Waals surface area contributed by atoms with Gasteiger partial charge in [0.15, 0.2) is 0 Å². The van der Waals surface area contributed by atoms with Crippen molar-refractivity contribution >= 4 is 0 Å². The quantitative estimate of drug-likeness (QED) is 0.545. The van der Waals surface area contributed by atoms with Gasteiger partial charge in [-0.25, -0.2) is 0 Å². The van der Waals surface area contributed by atoms with Crippen molar-refractivity contribution in [2.75, 3.05) is 0 Å². The minimum atomic E-state index is 0.894. The van der Waals surface area contributed by atoms with Gasteiger partial charge in [-0.2, -0.15) is 0 Å². The molecule has 1 rings (SSSR count). The summed E-state index contributed by atoms with van der Waals surface area (Å²) in [5.74, 6) is 2.96. The Labute approximate surface area is 58.7 Å². The van der Waals surface area contributed by atoms with Gasteiger partial charge in [0.2, 0.25) is 0 Å². The summed E-state index contributed by atoms with van der Waals surface area (Å²) >= 11 is 0. The third kappa shape index (κ3) is 2.38. The fourth-order valence-electron chi connectivity index (χ4n) is 1.15. The van der Waals surface area contributed by atoms with Crippen LogP contribution in [0.5, 0.6) is 0 Å². The highest BCUT2D eigenvalue weighted by molar-refractivity contribution is 4.76. The fraction of sp³-hybridized carbons (Fsp3) is 1.00. The van der Waals surface area contributed by atoms with Gasteiger partial charge < -0.3 is 0 Å². The van der Waals surface area contributed by atoms with E-state index in [-0.39, 0.29) is 0 Å². The van der Waals surface area contributed by atoms with Gasteiger partial charge in [-0.15, -0.1) is 0 Å². The maximum atomic E-state index is 2.38. The maximum Gasteiger partial charge on any atom is -0.0411 e. The van der Waals surface area contributed by atoms with Crippen LogP contribution in [0, 0.1) is 17.8 Å². The molecule has 0 unspecified atom stereocenters. The molecule has 0 bridgehead atoms. The molecule has 0 spiro atoms. The third-order valence-electron chi connectivity index (χ3n) is 2.54. The van der Waals surface area contributed by atoms with E-state index in [1.807, 2.05) is 0 Å². The van der Waals surface area contributed by atoms with E-state index in [9.17, 15) is 0 Å². The third-order valence-corrected chi connectivity index (χ3v) is 2.54. The molecular formula is C9H18. The predicted octanol–water partition coefficient (Wildman–Crippen LogP) is 3.08. The zero-order chi connectivity index (χ0) is 6.85. The highest BCUT2D eigenvalue weighted by Gasteiger charge is 2.24. The fourth-order valence-corrected chi connectivity index (χ4v) is 1.15. The molecule has 1 aliphatic carbocycles. The van der Waals surface area contributed by atoms with Crippen LogP contribution in [-0.2, 0) is 0 Å². The van der Waals surface area contributed by atoms with Crippen molar-refractivity contribution in [1.82, 2.24) is 0 Å². The summed E-state index contributed by atoms with van der Waals surface area (Å²) in [4.78, 5) is 0. The Hall–Kier alpha value is 0. The smallest absolute Gasteiger partial charge is 0.0411 e. The molecule has 1 atom stereocenters. The lowest BCUT2D eigenvalue weighted by molar-refractivity contribution is 0.373. The normalized spacial score (nSPS) is 22.7. The Bertz CT molecular complexity index is 80.0. The zero-order valence-corrected chi connectivity index (χ0v) is 6.85. The molecule has 0 aromatic heterocycles. The monoisotopic (exact) mass is 126 g/mol. The lowest BCUT2D eigenvalue weighted by Crippen LogP contribution is -2.03. The maximum absolute atomic E-state index is 2.38. The minimum absolute atomic E-state index is 0.894. The molecule has 0 radical (unpaired) electrons. The second kappa shape index (κ2) is 2.72. The molecule has 0 amide bonds. The van der Waals surface area contributed by atoms with Gasteiger partial charge in [-0.05, 0) is 24.2 Å². The van der Waals surface area contributed by atoms with E-state index < -0.39 is 0 Å². The summed E-state index contributed by atoms with van der Waals surface area (Å²) in [5, 5.41) is 0. The second-order valence-corrected chi connectivity index (χ2v) is 3.90. The zero-order valence-electron chi connectivity index (χ0n) is 6.85. The van der Waals surface area contributed by atoms with Crippen LogP contribution in [0.2, 0.25) is 0 Å². The van der Waals surface area contributed by atoms with Crippen LogP contribution in [0.25, 0.3) is 0 Å². The Morgan fingerprint density at radius 1 is 1.22 bits per heavy atom. The SMILES string of the molecule is CC(C)[C@H](C)CC1CC1. The molecule has 0 heterocycles. The standard InChI is InChI=1S/C9H18/c1-7(2)8(3)6-9-4-5-9/h7-9H,4-6H2,1-3H3/t8-/m1/s1. The van der Waals surface area contributed by atoms with Gasteiger partial charge in [0, 0.05) is 0 Å². The second-order valence-electron chi connectivity index (χ2n) is 3.90. The molecular weight excluding hydrogens is 108 g/mol. The lowest BCUT2D eigenvalue weighted by Gasteiger charge is -2.13. The lowest BCUT2D eigenvalue weighted by atomic mass is 9.93. The molecule has 0 heteroatoms. The van der Waals surface area contributed by atoms with Gasteiger partial charge >= 0.3 is 0 Å². The van der Waals surface area contributed by atoms with E-state index in [4.69, 9.17) is 0 Å². The van der Waals surface area contributed by atoms with Crippen LogP contribution >= 0.6 is 0 Å². The van der Waals surface area contributed by atoms with Crippen LogP contribution in [0.1, 0.15) is 40.0 Å². The van der Waals surface area contributed by atoms with Crippen LogP contribution in [0.15, 0.2) is 0 Å². The predicted molar refractivity (Wildman–Crippen MR) is 41.3 cm³/mol. The van der Waals surface area contributed by atoms with Gasteiger partial charge in [-0.1, -0.05) is 33.6 Å². The Morgan fingerprint density at radius 3 is 2.11 bits per heavy atom. The Morgan fingerprint density at radius 2 is 1.78 bits per heavy atom. The summed E-state index contributed by atoms with van der Waals surface area (Å²) in [7, 11) is 0. The Kier molecular flexibility index (Phi) is 2.15. The first-order valence-electron chi connectivity index (χ1n) is 4.20. The molecule has 54 valence electrons. The molecule has 0 aliphatic heterocycles. The van der Waals surface area contributed by atoms with Crippen molar-refractivity contribution in [2.24, 2.45) is 17.8 Å². The molecule has 0 N–H and O–H groups in total. The van der Waals surface area contributed by atoms with E-state index in [0.717, 1.165) is 17.8 Å². The Balaban J connectivity index is 2.09. The molecule has 1 saturated carbocycles. The van der Waals surface area contributed by atoms with E-state index in [1.165, 1.54) is 19.3 Å². The van der Waals surface area contributed by atoms with Crippen molar-refractivity contribution in [1.29, 1.82) is 0 Å². The molecule has 1 fully saturated rings. The van der Waals surface area contributed by atoms with Crippen LogP contribution in [0.4, 0.5) is 0 Å². The number of hydrogen-bond acceptors (Lipinski definition) is 0. The molecule has 1 aliphatic rings. The van der Waals surface area contributed by atoms with Crippen LogP contribution in [0.3, 0.4) is 0 Å². The van der Waals surface area contributed by atoms with Crippen molar-refractivity contribution in [2.45, 2.75) is 40.0 Å². The molecule has 0 saturated heterocycles. The van der Waals surface area contributed by atoms with Gasteiger partial charge in [0.05, 0.1) is 0 Å². The van der Waals surface area contributed by atoms with Crippen molar-refractivity contribution < 1.29 is 0 Å². The first-order chi connectivity index (χ1) is 4.20. The highest BCUT2D eigenvalue weighted by atomic mass is 14.3. The van der Waals surface area contributed by atoms with Crippen molar-refractivity contribution in [3.8, 4) is 0 Å². The summed E-state index contributed by atoms with van der Waals surface area (Å²) < 4.78 is 0. The van der Waals surface area contributed by atoms with Gasteiger partial charge in [-0.3, -0.25) is 0 Å². The molecule has 9 heavy (non-hydrogen) atoms. The van der Waals surface area contributed by atoms with Crippen LogP contribution < -0.4 is 0 Å². The first kappa shape index (κ1) is 7.11.